The molecule has 2 aromatic carbocycles. The summed E-state index contributed by atoms with van der Waals surface area (Å²) in [7, 11) is 2.91. The maximum atomic E-state index is 12.2. The topological polar surface area (TPSA) is 80.2 Å². The number of hydrogen-bond acceptors (Lipinski definition) is 6. The van der Waals surface area contributed by atoms with Crippen molar-refractivity contribution in [2.24, 2.45) is 4.99 Å². The van der Waals surface area contributed by atoms with Crippen LogP contribution in [0.3, 0.4) is 0 Å². The molecule has 1 heterocycles. The number of carbonyl (C=O) groups excluding carboxylic acids is 1. The summed E-state index contributed by atoms with van der Waals surface area (Å²) < 4.78 is 10.3. The number of methoxy groups -OCH3 is 2. The van der Waals surface area contributed by atoms with E-state index in [0.29, 0.717) is 15.6 Å². The predicted octanol–water partition coefficient (Wildman–Crippen LogP) is 3.61. The number of amidine groups is 1. The predicted molar refractivity (Wildman–Crippen MR) is 103 cm³/mol. The van der Waals surface area contributed by atoms with Crippen LogP contribution in [0.1, 0.15) is 11.1 Å². The summed E-state index contributed by atoms with van der Waals surface area (Å²) in [5.41, 5.74) is 2.59. The molecule has 0 radical (unpaired) electrons. The van der Waals surface area contributed by atoms with Crippen molar-refractivity contribution >= 4 is 34.6 Å². The van der Waals surface area contributed by atoms with Crippen molar-refractivity contribution in [3.63, 3.8) is 0 Å². The first-order chi connectivity index (χ1) is 12.5. The molecule has 2 aromatic rings. The number of nitrogens with one attached hydrogen (secondary N) is 1. The van der Waals surface area contributed by atoms with E-state index in [2.05, 4.69) is 10.3 Å². The number of aliphatic imine (C=N–C) groups is 1. The molecule has 0 aliphatic carbocycles. The highest BCUT2D eigenvalue weighted by Crippen LogP contribution is 2.38. The number of rotatable bonds is 4. The molecule has 1 aliphatic rings. The Morgan fingerprint density at radius 1 is 1.12 bits per heavy atom. The number of amides is 1. The molecule has 1 saturated heterocycles. The van der Waals surface area contributed by atoms with Crippen molar-refractivity contribution in [1.29, 1.82) is 0 Å². The standard InChI is InChI=1S/C19H18N2O4S/c1-11-4-6-13(7-5-11)20-19-21-18(23)16(26-19)10-12-8-14(24-2)17(22)15(9-12)25-3/h4-10,22H,1-3H3,(H,20,21,23)/b16-10-. The Kier molecular flexibility index (Phi) is 5.18. The fraction of sp³-hybridized carbons (Fsp3) is 0.158. The summed E-state index contributed by atoms with van der Waals surface area (Å²) >= 11 is 1.25. The van der Waals surface area contributed by atoms with Crippen molar-refractivity contribution in [3.05, 3.63) is 52.4 Å². The number of aryl methyl sites for hydroxylation is 1. The second-order valence-electron chi connectivity index (χ2n) is 5.59. The molecule has 0 aromatic heterocycles. The number of phenolic OH excluding ortho intramolecular Hbond substituents is 1. The molecule has 1 aliphatic heterocycles. The Morgan fingerprint density at radius 3 is 2.31 bits per heavy atom. The summed E-state index contributed by atoms with van der Waals surface area (Å²) in [5.74, 6) is 0.232. The molecule has 1 amide bonds. The van der Waals surface area contributed by atoms with Gasteiger partial charge in [0, 0.05) is 0 Å². The highest BCUT2D eigenvalue weighted by Gasteiger charge is 2.24. The van der Waals surface area contributed by atoms with Crippen LogP contribution >= 0.6 is 11.8 Å². The third-order valence-electron chi connectivity index (χ3n) is 3.72. The molecule has 7 heteroatoms. The van der Waals surface area contributed by atoms with E-state index in [0.717, 1.165) is 11.3 Å². The van der Waals surface area contributed by atoms with Crippen LogP contribution in [0.5, 0.6) is 17.2 Å². The monoisotopic (exact) mass is 370 g/mol. The number of benzene rings is 2. The number of phenols is 1. The van der Waals surface area contributed by atoms with Crippen LogP contribution < -0.4 is 14.8 Å². The van der Waals surface area contributed by atoms with Crippen molar-refractivity contribution < 1.29 is 19.4 Å². The molecule has 2 N–H and O–H groups in total. The van der Waals surface area contributed by atoms with Gasteiger partial charge in [-0.15, -0.1) is 0 Å². The Balaban J connectivity index is 1.88. The first-order valence-electron chi connectivity index (χ1n) is 7.81. The molecule has 6 nitrogen and oxygen atoms in total. The minimum absolute atomic E-state index is 0.0812. The Hall–Kier alpha value is -2.93. The quantitative estimate of drug-likeness (QED) is 0.804. The lowest BCUT2D eigenvalue weighted by Gasteiger charge is -2.09. The molecule has 134 valence electrons. The third-order valence-corrected chi connectivity index (χ3v) is 4.63. The van der Waals surface area contributed by atoms with Crippen molar-refractivity contribution in [2.75, 3.05) is 14.2 Å². The van der Waals surface area contributed by atoms with E-state index >= 15 is 0 Å². The number of carbonyl (C=O) groups is 1. The van der Waals surface area contributed by atoms with Crippen LogP contribution in [0.2, 0.25) is 0 Å². The largest absolute Gasteiger partial charge is 0.502 e. The summed E-state index contributed by atoms with van der Waals surface area (Å²) in [4.78, 5) is 17.1. The van der Waals surface area contributed by atoms with Crippen LogP contribution in [0.4, 0.5) is 5.69 Å². The van der Waals surface area contributed by atoms with Crippen molar-refractivity contribution in [2.45, 2.75) is 6.92 Å². The zero-order valence-electron chi connectivity index (χ0n) is 14.6. The highest BCUT2D eigenvalue weighted by molar-refractivity contribution is 8.18. The summed E-state index contributed by atoms with van der Waals surface area (Å²) in [6.07, 6.45) is 1.70. The van der Waals surface area contributed by atoms with Gasteiger partial charge in [-0.3, -0.25) is 4.79 Å². The van der Waals surface area contributed by atoms with Gasteiger partial charge in [-0.1, -0.05) is 17.7 Å². The molecular formula is C19H18N2O4S. The molecule has 1 fully saturated rings. The van der Waals surface area contributed by atoms with Gasteiger partial charge in [0.05, 0.1) is 24.8 Å². The number of nitrogens with zero attached hydrogens (tertiary/aromatic N) is 1. The van der Waals surface area contributed by atoms with E-state index in [1.807, 2.05) is 31.2 Å². The molecule has 0 atom stereocenters. The average Bonchev–Trinajstić information content (AvgIpc) is 2.97. The maximum Gasteiger partial charge on any atom is 0.264 e. The van der Waals surface area contributed by atoms with Crippen molar-refractivity contribution in [3.8, 4) is 17.2 Å². The number of hydrogen-bond donors (Lipinski definition) is 2. The lowest BCUT2D eigenvalue weighted by molar-refractivity contribution is -0.115. The summed E-state index contributed by atoms with van der Waals surface area (Å²) in [6.45, 7) is 2.00. The van der Waals surface area contributed by atoms with Gasteiger partial charge >= 0.3 is 0 Å². The smallest absolute Gasteiger partial charge is 0.264 e. The third kappa shape index (κ3) is 3.83. The Morgan fingerprint density at radius 2 is 1.73 bits per heavy atom. The normalized spacial score (nSPS) is 16.8. The number of aromatic hydroxyl groups is 1. The van der Waals surface area contributed by atoms with E-state index in [1.165, 1.54) is 26.0 Å². The van der Waals surface area contributed by atoms with Crippen molar-refractivity contribution in [1.82, 2.24) is 5.32 Å². The molecule has 26 heavy (non-hydrogen) atoms. The first-order valence-corrected chi connectivity index (χ1v) is 8.63. The lowest BCUT2D eigenvalue weighted by Crippen LogP contribution is -2.19. The fourth-order valence-corrected chi connectivity index (χ4v) is 3.21. The van der Waals surface area contributed by atoms with Gasteiger partial charge in [-0.2, -0.15) is 0 Å². The van der Waals surface area contributed by atoms with E-state index in [9.17, 15) is 9.90 Å². The van der Waals surface area contributed by atoms with E-state index in [-0.39, 0.29) is 23.2 Å². The Bertz CT molecular complexity index is 879. The second-order valence-corrected chi connectivity index (χ2v) is 6.62. The van der Waals surface area contributed by atoms with E-state index in [4.69, 9.17) is 9.47 Å². The lowest BCUT2D eigenvalue weighted by atomic mass is 10.1. The average molecular weight is 370 g/mol. The zero-order chi connectivity index (χ0) is 18.7. The van der Waals surface area contributed by atoms with Gasteiger partial charge in [-0.25, -0.2) is 4.99 Å². The fourth-order valence-electron chi connectivity index (χ4n) is 2.37. The van der Waals surface area contributed by atoms with Gasteiger partial charge in [0.1, 0.15) is 0 Å². The summed E-state index contributed by atoms with van der Waals surface area (Å²) in [6, 6.07) is 11.0. The minimum Gasteiger partial charge on any atom is -0.502 e. The van der Waals surface area contributed by atoms with Gasteiger partial charge in [0.25, 0.3) is 5.91 Å². The molecule has 0 saturated carbocycles. The maximum absolute atomic E-state index is 12.2. The van der Waals surface area contributed by atoms with Crippen LogP contribution in [-0.4, -0.2) is 30.4 Å². The number of ether oxygens (including phenoxy) is 2. The number of thioether (sulfide) groups is 1. The first kappa shape index (κ1) is 17.9. The summed E-state index contributed by atoms with van der Waals surface area (Å²) in [5, 5.41) is 13.2. The van der Waals surface area contributed by atoms with Crippen LogP contribution in [-0.2, 0) is 4.79 Å². The second kappa shape index (κ2) is 7.53. The molecular weight excluding hydrogens is 352 g/mol. The van der Waals surface area contributed by atoms with Gasteiger partial charge in [0.15, 0.2) is 16.7 Å². The van der Waals surface area contributed by atoms with Crippen LogP contribution in [0.25, 0.3) is 6.08 Å². The van der Waals surface area contributed by atoms with E-state index in [1.54, 1.807) is 18.2 Å². The van der Waals surface area contributed by atoms with Gasteiger partial charge < -0.3 is 19.9 Å². The molecule has 0 spiro atoms. The molecule has 0 bridgehead atoms. The van der Waals surface area contributed by atoms with Crippen LogP contribution in [0, 0.1) is 6.92 Å². The highest BCUT2D eigenvalue weighted by atomic mass is 32.2. The zero-order valence-corrected chi connectivity index (χ0v) is 15.4. The van der Waals surface area contributed by atoms with Gasteiger partial charge in [-0.05, 0) is 54.6 Å². The van der Waals surface area contributed by atoms with Crippen LogP contribution in [0.15, 0.2) is 46.3 Å². The SMILES string of the molecule is COc1cc(/C=C2\SC(=Nc3ccc(C)cc3)NC2=O)cc(OC)c1O. The Labute approximate surface area is 155 Å². The van der Waals surface area contributed by atoms with E-state index < -0.39 is 0 Å². The molecule has 0 unspecified atom stereocenters. The minimum atomic E-state index is -0.230. The van der Waals surface area contributed by atoms with Gasteiger partial charge in [0.2, 0.25) is 5.75 Å². The molecule has 3 rings (SSSR count).